The molecule has 0 saturated heterocycles. The molecule has 0 spiro atoms. The molecule has 8 nitrogen and oxygen atoms in total. The van der Waals surface area contributed by atoms with E-state index in [4.69, 9.17) is 0 Å². The van der Waals surface area contributed by atoms with E-state index < -0.39 is 11.2 Å². The minimum atomic E-state index is -0.604. The van der Waals surface area contributed by atoms with Gasteiger partial charge in [0.1, 0.15) is 6.54 Å². The topological polar surface area (TPSA) is 102 Å². The average molecular weight is 499 g/mol. The summed E-state index contributed by atoms with van der Waals surface area (Å²) in [4.78, 5) is 51.6. The maximum absolute atomic E-state index is 13.5. The molecule has 0 fully saturated rings. The first-order valence-electron chi connectivity index (χ1n) is 12.3. The number of nitrogens with one attached hydrogen (secondary N) is 2. The van der Waals surface area contributed by atoms with E-state index in [-0.39, 0.29) is 30.8 Å². The molecule has 1 heterocycles. The number of amides is 2. The molecule has 0 unspecified atom stereocenters. The van der Waals surface area contributed by atoms with Gasteiger partial charge in [0.05, 0.1) is 23.0 Å². The van der Waals surface area contributed by atoms with Gasteiger partial charge in [0.15, 0.2) is 0 Å². The van der Waals surface area contributed by atoms with E-state index in [0.717, 1.165) is 15.7 Å². The predicted octanol–water partition coefficient (Wildman–Crippen LogP) is 2.58. The quantitative estimate of drug-likeness (QED) is 0.370. The molecular formula is C29H30N4O4. The van der Waals surface area contributed by atoms with Gasteiger partial charge in [0.25, 0.3) is 5.56 Å². The van der Waals surface area contributed by atoms with Gasteiger partial charge in [0, 0.05) is 12.6 Å². The first-order valence-corrected chi connectivity index (χ1v) is 12.3. The van der Waals surface area contributed by atoms with Crippen molar-refractivity contribution < 1.29 is 9.59 Å². The van der Waals surface area contributed by atoms with Crippen LogP contribution in [-0.4, -0.2) is 33.5 Å². The fraction of sp³-hybridized carbons (Fsp3) is 0.241. The van der Waals surface area contributed by atoms with E-state index in [1.807, 2.05) is 44.2 Å². The Morgan fingerprint density at radius 1 is 0.811 bits per heavy atom. The van der Waals surface area contributed by atoms with Crippen LogP contribution in [-0.2, 0) is 29.0 Å². The van der Waals surface area contributed by atoms with Crippen molar-refractivity contribution in [1.29, 1.82) is 0 Å². The molecule has 0 atom stereocenters. The number of rotatable bonds is 9. The number of para-hydroxylation sites is 1. The van der Waals surface area contributed by atoms with Crippen molar-refractivity contribution in [3.8, 4) is 5.69 Å². The summed E-state index contributed by atoms with van der Waals surface area (Å²) in [6.07, 6.45) is 0.863. The van der Waals surface area contributed by atoms with E-state index in [1.165, 1.54) is 4.57 Å². The van der Waals surface area contributed by atoms with Gasteiger partial charge in [-0.3, -0.25) is 19.0 Å². The second kappa shape index (κ2) is 11.5. The van der Waals surface area contributed by atoms with Gasteiger partial charge in [0.2, 0.25) is 11.8 Å². The van der Waals surface area contributed by atoms with Crippen molar-refractivity contribution in [3.05, 3.63) is 111 Å². The monoisotopic (exact) mass is 498 g/mol. The molecule has 0 radical (unpaired) electrons. The largest absolute Gasteiger partial charge is 0.354 e. The zero-order valence-corrected chi connectivity index (χ0v) is 20.9. The third-order valence-electron chi connectivity index (χ3n) is 5.94. The Morgan fingerprint density at radius 3 is 2.19 bits per heavy atom. The zero-order valence-electron chi connectivity index (χ0n) is 20.9. The molecular weight excluding hydrogens is 468 g/mol. The van der Waals surface area contributed by atoms with E-state index >= 15 is 0 Å². The van der Waals surface area contributed by atoms with Gasteiger partial charge in [-0.15, -0.1) is 0 Å². The van der Waals surface area contributed by atoms with Crippen LogP contribution >= 0.6 is 0 Å². The third-order valence-corrected chi connectivity index (χ3v) is 5.94. The molecule has 0 aliphatic heterocycles. The number of carbonyl (C=O) groups is 2. The van der Waals surface area contributed by atoms with Crippen LogP contribution in [0, 0.1) is 0 Å². The Morgan fingerprint density at radius 2 is 1.49 bits per heavy atom. The van der Waals surface area contributed by atoms with Gasteiger partial charge in [-0.05, 0) is 55.7 Å². The molecule has 1 aromatic heterocycles. The molecule has 190 valence electrons. The molecule has 2 N–H and O–H groups in total. The van der Waals surface area contributed by atoms with Crippen molar-refractivity contribution >= 4 is 22.7 Å². The van der Waals surface area contributed by atoms with Crippen LogP contribution in [0.15, 0.2) is 88.5 Å². The van der Waals surface area contributed by atoms with E-state index in [9.17, 15) is 19.2 Å². The standard InChI is InChI=1S/C29H30N4O4/c1-20(2)31-26(34)18-22-12-14-23(15-13-22)33-28(36)24-10-6-7-11-25(24)32(29(33)37)19-27(35)30-17-16-21-8-4-3-5-9-21/h3-15,20H,16-19H2,1-2H3,(H,30,35)(H,31,34). The van der Waals surface area contributed by atoms with Crippen LogP contribution in [0.3, 0.4) is 0 Å². The van der Waals surface area contributed by atoms with Crippen LogP contribution in [0.1, 0.15) is 25.0 Å². The van der Waals surface area contributed by atoms with Crippen LogP contribution in [0.2, 0.25) is 0 Å². The lowest BCUT2D eigenvalue weighted by Gasteiger charge is -2.15. The zero-order chi connectivity index (χ0) is 26.4. The number of benzene rings is 3. The van der Waals surface area contributed by atoms with Crippen molar-refractivity contribution in [1.82, 2.24) is 19.8 Å². The highest BCUT2D eigenvalue weighted by molar-refractivity contribution is 5.82. The molecule has 4 rings (SSSR count). The summed E-state index contributed by atoms with van der Waals surface area (Å²) in [5, 5.41) is 6.03. The van der Waals surface area contributed by atoms with Gasteiger partial charge in [-0.25, -0.2) is 9.36 Å². The van der Waals surface area contributed by atoms with Gasteiger partial charge in [-0.1, -0.05) is 54.6 Å². The number of aromatic nitrogens is 2. The van der Waals surface area contributed by atoms with Crippen LogP contribution < -0.4 is 21.9 Å². The molecule has 0 aliphatic rings. The molecule has 0 aliphatic carbocycles. The fourth-order valence-electron chi connectivity index (χ4n) is 4.21. The highest BCUT2D eigenvalue weighted by atomic mass is 16.2. The lowest BCUT2D eigenvalue weighted by Crippen LogP contribution is -2.42. The fourth-order valence-corrected chi connectivity index (χ4v) is 4.21. The third kappa shape index (κ3) is 6.22. The maximum Gasteiger partial charge on any atom is 0.336 e. The van der Waals surface area contributed by atoms with Crippen molar-refractivity contribution in [3.63, 3.8) is 0 Å². The van der Waals surface area contributed by atoms with Crippen molar-refractivity contribution in [2.24, 2.45) is 0 Å². The SMILES string of the molecule is CC(C)NC(=O)Cc1ccc(-n2c(=O)c3ccccc3n(CC(=O)NCCc3ccccc3)c2=O)cc1. The maximum atomic E-state index is 13.5. The highest BCUT2D eigenvalue weighted by Crippen LogP contribution is 2.12. The van der Waals surface area contributed by atoms with E-state index in [2.05, 4.69) is 10.6 Å². The van der Waals surface area contributed by atoms with Crippen LogP contribution in [0.4, 0.5) is 0 Å². The predicted molar refractivity (Wildman–Crippen MR) is 144 cm³/mol. The smallest absolute Gasteiger partial charge is 0.336 e. The number of carbonyl (C=O) groups excluding carboxylic acids is 2. The Bertz CT molecular complexity index is 1520. The van der Waals surface area contributed by atoms with E-state index in [1.54, 1.807) is 48.5 Å². The lowest BCUT2D eigenvalue weighted by atomic mass is 10.1. The molecule has 8 heteroatoms. The summed E-state index contributed by atoms with van der Waals surface area (Å²) in [5.74, 6) is -0.425. The summed E-state index contributed by atoms with van der Waals surface area (Å²) >= 11 is 0. The Labute approximate surface area is 214 Å². The number of fused-ring (bicyclic) bond motifs is 1. The molecule has 37 heavy (non-hydrogen) atoms. The summed E-state index contributed by atoms with van der Waals surface area (Å²) in [5.41, 5.74) is 1.55. The lowest BCUT2D eigenvalue weighted by molar-refractivity contribution is -0.122. The summed E-state index contributed by atoms with van der Waals surface area (Å²) < 4.78 is 2.39. The number of hydrogen-bond acceptors (Lipinski definition) is 4. The normalized spacial score (nSPS) is 11.0. The first kappa shape index (κ1) is 25.6. The van der Waals surface area contributed by atoms with Gasteiger partial charge >= 0.3 is 5.69 Å². The molecule has 3 aromatic carbocycles. The Balaban J connectivity index is 1.60. The minimum Gasteiger partial charge on any atom is -0.354 e. The first-order chi connectivity index (χ1) is 17.8. The minimum absolute atomic E-state index is 0.0388. The van der Waals surface area contributed by atoms with Crippen LogP contribution in [0.5, 0.6) is 0 Å². The Kier molecular flexibility index (Phi) is 7.98. The highest BCUT2D eigenvalue weighted by Gasteiger charge is 2.16. The molecule has 2 amide bonds. The number of hydrogen-bond donors (Lipinski definition) is 2. The van der Waals surface area contributed by atoms with Gasteiger partial charge in [-0.2, -0.15) is 0 Å². The molecule has 0 saturated carbocycles. The number of nitrogens with zero attached hydrogens (tertiary/aromatic N) is 2. The average Bonchev–Trinajstić information content (AvgIpc) is 2.88. The van der Waals surface area contributed by atoms with Crippen LogP contribution in [0.25, 0.3) is 16.6 Å². The Hall–Kier alpha value is -4.46. The summed E-state index contributed by atoms with van der Waals surface area (Å²) in [6, 6.07) is 23.3. The van der Waals surface area contributed by atoms with Crippen molar-refractivity contribution in [2.45, 2.75) is 39.3 Å². The second-order valence-corrected chi connectivity index (χ2v) is 9.18. The molecule has 4 aromatic rings. The van der Waals surface area contributed by atoms with Gasteiger partial charge < -0.3 is 10.6 Å². The van der Waals surface area contributed by atoms with E-state index in [0.29, 0.717) is 29.6 Å². The second-order valence-electron chi connectivity index (χ2n) is 9.18. The molecule has 0 bridgehead atoms. The van der Waals surface area contributed by atoms with Crippen molar-refractivity contribution in [2.75, 3.05) is 6.54 Å². The summed E-state index contributed by atoms with van der Waals surface area (Å²) in [7, 11) is 0. The summed E-state index contributed by atoms with van der Waals surface area (Å²) in [6.45, 7) is 3.99.